The van der Waals surface area contributed by atoms with Gasteiger partial charge in [0.15, 0.2) is 52.8 Å². The molecule has 2 unspecified atom stereocenters. The number of Topliss-reactive ketones (excluding diaryl/α,β-unsaturated/α-hetero) is 1. The van der Waals surface area contributed by atoms with E-state index in [1.807, 2.05) is 62.4 Å². The average Bonchev–Trinajstić information content (AvgIpc) is 3.35. The van der Waals surface area contributed by atoms with Crippen LogP contribution < -0.4 is 17.2 Å². The molecule has 0 amide bonds. The van der Waals surface area contributed by atoms with Crippen LogP contribution in [0.3, 0.4) is 0 Å². The van der Waals surface area contributed by atoms with Gasteiger partial charge in [0.1, 0.15) is 5.69 Å². The van der Waals surface area contributed by atoms with E-state index in [-0.39, 0.29) is 71.4 Å². The molecule has 2 atom stereocenters. The number of ketones is 1. The number of nitrogens with two attached hydrogens (primary N) is 3. The normalized spacial score (nSPS) is 12.6. The van der Waals surface area contributed by atoms with Crippen LogP contribution in [-0.4, -0.2) is 90.0 Å². The zero-order valence-electron chi connectivity index (χ0n) is 41.7. The van der Waals surface area contributed by atoms with Crippen molar-refractivity contribution in [2.45, 2.75) is 81.6 Å². The maximum absolute atomic E-state index is 13.1. The summed E-state index contributed by atoms with van der Waals surface area (Å²) < 4.78 is 97.2. The number of benzene rings is 4. The number of nitrogens with zero attached hydrogens (tertiary/aromatic N) is 4. The van der Waals surface area contributed by atoms with Crippen LogP contribution in [0.4, 0.5) is 17.3 Å². The first-order valence-electron chi connectivity index (χ1n) is 22.7. The Bertz CT molecular complexity index is 3150. The average molecular weight is 1080 g/mol. The summed E-state index contributed by atoms with van der Waals surface area (Å²) in [5.74, 6) is -1.58. The van der Waals surface area contributed by atoms with Crippen LogP contribution in [0.25, 0.3) is 22.5 Å². The van der Waals surface area contributed by atoms with Gasteiger partial charge < -0.3 is 40.4 Å². The van der Waals surface area contributed by atoms with E-state index in [0.717, 1.165) is 22.3 Å². The Balaban J connectivity index is 0.000000262. The SMILES string of the molecule is CCOP(=O)(OCC)C(C)S(=O)(=O)c1ccc(CC(=O)c2nc(-c3ccc(C)cc3)cnc2N)cc1.CCOP(=O)(OCC)C(C)S(=O)(=O)c1ccc(N)cc1.Cc1ccc(-c2cnc(N)c(C(=O)O)n2)cc1. The highest BCUT2D eigenvalue weighted by atomic mass is 32.2. The molecule has 0 fully saturated rings. The number of carbonyl (C=O) groups excluding carboxylic acids is 1. The van der Waals surface area contributed by atoms with Crippen molar-refractivity contribution < 1.29 is 58.8 Å². The number of rotatable bonds is 20. The molecule has 7 N–H and O–H groups in total. The molecule has 0 spiro atoms. The van der Waals surface area contributed by atoms with Gasteiger partial charge in [-0.2, -0.15) is 0 Å². The molecule has 0 saturated heterocycles. The number of sulfone groups is 2. The number of aryl methyl sites for hydroxylation is 2. The topological polar surface area (TPSA) is 323 Å². The zero-order valence-corrected chi connectivity index (χ0v) is 45.1. The second-order valence-electron chi connectivity index (χ2n) is 15.9. The van der Waals surface area contributed by atoms with Crippen molar-refractivity contribution in [1.82, 2.24) is 19.9 Å². The number of aromatic carboxylic acids is 1. The van der Waals surface area contributed by atoms with E-state index < -0.39 is 50.8 Å². The smallest absolute Gasteiger partial charge is 0.358 e. The fourth-order valence-electron chi connectivity index (χ4n) is 6.56. The summed E-state index contributed by atoms with van der Waals surface area (Å²) in [6.07, 6.45) is 2.93. The van der Waals surface area contributed by atoms with Crippen molar-refractivity contribution in [1.29, 1.82) is 0 Å². The molecule has 0 aliphatic carbocycles. The minimum atomic E-state index is -4.02. The van der Waals surface area contributed by atoms with Crippen molar-refractivity contribution in [3.8, 4) is 22.5 Å². The fraction of sp³-hybridized carbons (Fsp3) is 0.306. The molecule has 73 heavy (non-hydrogen) atoms. The molecular weight excluding hydrogens is 1020 g/mol. The Hall–Kier alpha value is -6.22. The molecule has 0 aliphatic rings. The van der Waals surface area contributed by atoms with Crippen molar-refractivity contribution in [3.63, 3.8) is 0 Å². The van der Waals surface area contributed by atoms with Crippen LogP contribution in [0.1, 0.15) is 79.2 Å². The van der Waals surface area contributed by atoms with Gasteiger partial charge in [0, 0.05) is 23.2 Å². The fourth-order valence-corrected chi connectivity index (χ4v) is 15.0. The first-order valence-corrected chi connectivity index (χ1v) is 29.0. The van der Waals surface area contributed by atoms with Crippen molar-refractivity contribution in [2.75, 3.05) is 43.6 Å². The molecule has 4 aromatic carbocycles. The van der Waals surface area contributed by atoms with Crippen molar-refractivity contribution in [2.24, 2.45) is 0 Å². The number of hydrogen-bond acceptors (Lipinski definition) is 19. The molecule has 0 saturated carbocycles. The maximum Gasteiger partial charge on any atom is 0.358 e. The number of aromatic nitrogens is 4. The quantitative estimate of drug-likeness (QED) is 0.0314. The molecule has 20 nitrogen and oxygen atoms in total. The predicted octanol–water partition coefficient (Wildman–Crippen LogP) is 9.23. The third kappa shape index (κ3) is 15.4. The largest absolute Gasteiger partial charge is 0.476 e. The molecular formula is C49H61N7O13P2S2. The summed E-state index contributed by atoms with van der Waals surface area (Å²) in [6, 6.07) is 26.7. The van der Waals surface area contributed by atoms with Crippen LogP contribution in [0.15, 0.2) is 119 Å². The Morgan fingerprint density at radius 1 is 0.562 bits per heavy atom. The zero-order chi connectivity index (χ0) is 54.3. The minimum absolute atomic E-state index is 0.0199. The first-order chi connectivity index (χ1) is 34.4. The Kier molecular flexibility index (Phi) is 21.2. The van der Waals surface area contributed by atoms with E-state index in [2.05, 4.69) is 19.9 Å². The lowest BCUT2D eigenvalue weighted by Gasteiger charge is -2.23. The molecule has 2 aromatic heterocycles. The van der Waals surface area contributed by atoms with Gasteiger partial charge in [0.25, 0.3) is 0 Å². The highest BCUT2D eigenvalue weighted by Crippen LogP contribution is 2.57. The highest BCUT2D eigenvalue weighted by molar-refractivity contribution is 7.99. The lowest BCUT2D eigenvalue weighted by atomic mass is 10.1. The third-order valence-corrected chi connectivity index (χ3v) is 21.7. The van der Waals surface area contributed by atoms with Gasteiger partial charge in [-0.15, -0.1) is 0 Å². The second kappa shape index (κ2) is 26.1. The van der Waals surface area contributed by atoms with Gasteiger partial charge in [-0.3, -0.25) is 13.9 Å². The van der Waals surface area contributed by atoms with Gasteiger partial charge in [-0.25, -0.2) is 41.6 Å². The van der Waals surface area contributed by atoms with Crippen LogP contribution in [0.5, 0.6) is 0 Å². The number of nitrogen functional groups attached to an aromatic ring is 3. The standard InChI is InChI=1S/C25H30N3O6PS.C12H11N3O2.C12H20NO5PS/c1-5-33-35(30,34-6-2)18(4)36(31,32)21-13-9-19(10-14-21)15-23(29)24-25(26)27-16-22(28-24)20-11-7-17(3)8-12-20;1-7-2-4-8(5-3-7)9-6-14-11(13)10(15-9)12(16)17;1-4-17-19(14,18-5-2)10(3)20(15,16)12-8-6-11(13)7-9-12/h7-14,16,18H,5-6,15H2,1-4H3,(H2,26,27);2-6H,1H3,(H2,13,14)(H,16,17);6-10H,4-5,13H2,1-3H3. The summed E-state index contributed by atoms with van der Waals surface area (Å²) >= 11 is 0. The minimum Gasteiger partial charge on any atom is -0.476 e. The maximum atomic E-state index is 13.1. The summed E-state index contributed by atoms with van der Waals surface area (Å²) in [5, 5.41) is 8.90. The number of carbonyl (C=O) groups is 2. The Labute approximate surface area is 426 Å². The highest BCUT2D eigenvalue weighted by Gasteiger charge is 2.43. The van der Waals surface area contributed by atoms with Crippen LogP contribution >= 0.6 is 15.2 Å². The van der Waals surface area contributed by atoms with Gasteiger partial charge >= 0.3 is 21.2 Å². The third-order valence-electron chi connectivity index (χ3n) is 10.6. The summed E-state index contributed by atoms with van der Waals surface area (Å²) in [7, 11) is -15.5. The summed E-state index contributed by atoms with van der Waals surface area (Å²) in [5.41, 5.74) is 22.6. The van der Waals surface area contributed by atoms with Crippen molar-refractivity contribution in [3.05, 3.63) is 138 Å². The molecule has 6 rings (SSSR count). The van der Waals surface area contributed by atoms with Gasteiger partial charge in [0.2, 0.25) is 0 Å². The molecule has 0 bridgehead atoms. The Morgan fingerprint density at radius 3 is 1.26 bits per heavy atom. The number of carboxylic acid groups (broad SMARTS) is 1. The van der Waals surface area contributed by atoms with Gasteiger partial charge in [-0.05, 0) is 97.4 Å². The van der Waals surface area contributed by atoms with Gasteiger partial charge in [0.05, 0.1) is 60.0 Å². The summed E-state index contributed by atoms with van der Waals surface area (Å²) in [4.78, 5) is 37.5. The number of anilines is 3. The Morgan fingerprint density at radius 2 is 0.904 bits per heavy atom. The lowest BCUT2D eigenvalue weighted by Crippen LogP contribution is -2.21. The van der Waals surface area contributed by atoms with Crippen LogP contribution in [-0.2, 0) is 53.3 Å². The number of hydrogen-bond donors (Lipinski definition) is 4. The summed E-state index contributed by atoms with van der Waals surface area (Å²) in [6.45, 7) is 13.4. The molecule has 0 radical (unpaired) electrons. The van der Waals surface area contributed by atoms with E-state index in [9.17, 15) is 35.6 Å². The number of carboxylic acids is 1. The lowest BCUT2D eigenvalue weighted by molar-refractivity contribution is 0.0691. The molecule has 24 heteroatoms. The van der Waals surface area contributed by atoms with E-state index >= 15 is 0 Å². The van der Waals surface area contributed by atoms with Gasteiger partial charge in [-0.1, -0.05) is 71.8 Å². The molecule has 6 aromatic rings. The first kappa shape index (κ1) is 59.3. The predicted molar refractivity (Wildman–Crippen MR) is 281 cm³/mol. The van der Waals surface area contributed by atoms with E-state index in [1.54, 1.807) is 27.7 Å². The molecule has 2 heterocycles. The second-order valence-corrected chi connectivity index (χ2v) is 25.8. The molecule has 0 aliphatic heterocycles. The van der Waals surface area contributed by atoms with E-state index in [4.69, 9.17) is 40.4 Å². The van der Waals surface area contributed by atoms with Crippen LogP contribution in [0, 0.1) is 13.8 Å². The van der Waals surface area contributed by atoms with E-state index in [0.29, 0.717) is 22.6 Å². The molecule has 392 valence electrons. The van der Waals surface area contributed by atoms with Crippen LogP contribution in [0.2, 0.25) is 0 Å². The van der Waals surface area contributed by atoms with Crippen molar-refractivity contribution >= 4 is 63.9 Å². The monoisotopic (exact) mass is 1080 g/mol. The van der Waals surface area contributed by atoms with E-state index in [1.165, 1.54) is 74.8 Å².